The Kier molecular flexibility index (Phi) is 4.47. The highest BCUT2D eigenvalue weighted by molar-refractivity contribution is 5.77. The molecule has 2 aromatic heterocycles. The van der Waals surface area contributed by atoms with Crippen LogP contribution >= 0.6 is 0 Å². The number of aromatic amines is 1. The lowest BCUT2D eigenvalue weighted by Crippen LogP contribution is -2.41. The molecule has 3 rings (SSSR count). The lowest BCUT2D eigenvalue weighted by molar-refractivity contribution is -0.0730. The van der Waals surface area contributed by atoms with Crippen molar-refractivity contribution in [2.45, 2.75) is 38.0 Å². The molecule has 10 heteroatoms. The second kappa shape index (κ2) is 6.35. The van der Waals surface area contributed by atoms with E-state index < -0.39 is 53.4 Å². The van der Waals surface area contributed by atoms with E-state index in [4.69, 9.17) is 10.5 Å². The standard InChI is InChI=1S/C16H18F2N4O4/c1-3-4-16(18)8(6-23)11(7(2)24)26-14(16)22-5-9(17)10-12(22)20-15(19)21-13(10)25/h5,7-8,11,14,23-24H,6H2,1-2H3,(H3,19,20,21,25)/t7-,8?,11+,14+,16?/m0/s1. The lowest BCUT2D eigenvalue weighted by atomic mass is 9.85. The van der Waals surface area contributed by atoms with E-state index in [0.717, 1.165) is 10.8 Å². The smallest absolute Gasteiger partial charge is 0.264 e. The SMILES string of the molecule is CC#CC1(F)C(CO)[C@@H]([C@H](C)O)O[C@H]1n1cc(F)c2c(=O)[nH]c(N)nc21. The van der Waals surface area contributed by atoms with Crippen molar-refractivity contribution in [2.24, 2.45) is 5.92 Å². The highest BCUT2D eigenvalue weighted by Crippen LogP contribution is 2.47. The van der Waals surface area contributed by atoms with Gasteiger partial charge in [-0.2, -0.15) is 4.98 Å². The molecule has 0 aliphatic carbocycles. The highest BCUT2D eigenvalue weighted by Gasteiger charge is 2.59. The van der Waals surface area contributed by atoms with Crippen LogP contribution in [0.2, 0.25) is 0 Å². The second-order valence-electron chi connectivity index (χ2n) is 6.16. The third-order valence-electron chi connectivity index (χ3n) is 4.48. The molecule has 0 spiro atoms. The Morgan fingerprint density at radius 2 is 2.31 bits per heavy atom. The number of nitrogens with zero attached hydrogens (tertiary/aromatic N) is 2. The summed E-state index contributed by atoms with van der Waals surface area (Å²) in [7, 11) is 0. The van der Waals surface area contributed by atoms with Crippen LogP contribution in [0.3, 0.4) is 0 Å². The molecule has 2 unspecified atom stereocenters. The van der Waals surface area contributed by atoms with E-state index in [1.165, 1.54) is 13.8 Å². The topological polar surface area (TPSA) is 126 Å². The van der Waals surface area contributed by atoms with Gasteiger partial charge < -0.3 is 20.7 Å². The number of ether oxygens (including phenoxy) is 1. The van der Waals surface area contributed by atoms with Gasteiger partial charge >= 0.3 is 0 Å². The molecule has 140 valence electrons. The summed E-state index contributed by atoms with van der Waals surface area (Å²) in [6, 6.07) is 0. The van der Waals surface area contributed by atoms with Crippen LogP contribution in [0.4, 0.5) is 14.7 Å². The largest absolute Gasteiger partial charge is 0.396 e. The van der Waals surface area contributed by atoms with Crippen LogP contribution in [0.25, 0.3) is 11.0 Å². The van der Waals surface area contributed by atoms with Gasteiger partial charge in [0.25, 0.3) is 5.56 Å². The van der Waals surface area contributed by atoms with Crippen molar-refractivity contribution in [1.29, 1.82) is 0 Å². The Balaban J connectivity index is 2.26. The van der Waals surface area contributed by atoms with E-state index >= 15 is 4.39 Å². The predicted octanol–water partition coefficient (Wildman–Crippen LogP) is 0.0642. The van der Waals surface area contributed by atoms with Crippen LogP contribution in [0, 0.1) is 23.6 Å². The van der Waals surface area contributed by atoms with Gasteiger partial charge in [0.1, 0.15) is 5.39 Å². The van der Waals surface area contributed by atoms with Gasteiger partial charge in [-0.05, 0) is 13.8 Å². The van der Waals surface area contributed by atoms with E-state index in [0.29, 0.717) is 0 Å². The Morgan fingerprint density at radius 3 is 2.88 bits per heavy atom. The van der Waals surface area contributed by atoms with Crippen molar-refractivity contribution in [3.05, 3.63) is 22.4 Å². The summed E-state index contributed by atoms with van der Waals surface area (Å²) in [4.78, 5) is 18.0. The van der Waals surface area contributed by atoms with Gasteiger partial charge in [-0.25, -0.2) is 8.78 Å². The van der Waals surface area contributed by atoms with Gasteiger partial charge in [0.05, 0.1) is 24.7 Å². The van der Waals surface area contributed by atoms with Crippen molar-refractivity contribution in [1.82, 2.24) is 14.5 Å². The van der Waals surface area contributed by atoms with Crippen molar-refractivity contribution < 1.29 is 23.7 Å². The van der Waals surface area contributed by atoms with E-state index in [-0.39, 0.29) is 11.6 Å². The zero-order valence-electron chi connectivity index (χ0n) is 14.0. The molecule has 26 heavy (non-hydrogen) atoms. The summed E-state index contributed by atoms with van der Waals surface area (Å²) < 4.78 is 36.7. The van der Waals surface area contributed by atoms with Crippen LogP contribution < -0.4 is 11.3 Å². The quantitative estimate of drug-likeness (QED) is 0.568. The van der Waals surface area contributed by atoms with E-state index in [2.05, 4.69) is 21.8 Å². The van der Waals surface area contributed by atoms with Crippen LogP contribution in [0.1, 0.15) is 20.1 Å². The van der Waals surface area contributed by atoms with Gasteiger partial charge in [-0.1, -0.05) is 5.92 Å². The average molecular weight is 368 g/mol. The number of halogens is 2. The summed E-state index contributed by atoms with van der Waals surface area (Å²) in [6.07, 6.45) is -2.91. The Hall–Kier alpha value is -2.48. The number of hydrogen-bond donors (Lipinski definition) is 4. The number of anilines is 1. The monoisotopic (exact) mass is 368 g/mol. The number of nitrogen functional groups attached to an aromatic ring is 1. The van der Waals surface area contributed by atoms with Crippen LogP contribution in [-0.4, -0.2) is 49.2 Å². The number of rotatable bonds is 3. The summed E-state index contributed by atoms with van der Waals surface area (Å²) in [5, 5.41) is 19.1. The first kappa shape index (κ1) is 18.3. The van der Waals surface area contributed by atoms with Crippen LogP contribution in [-0.2, 0) is 4.74 Å². The molecular weight excluding hydrogens is 350 g/mol. The molecule has 8 nitrogen and oxygen atoms in total. The molecule has 3 heterocycles. The van der Waals surface area contributed by atoms with Gasteiger partial charge in [0.15, 0.2) is 17.7 Å². The molecule has 1 aliphatic rings. The first-order chi connectivity index (χ1) is 12.2. The van der Waals surface area contributed by atoms with E-state index in [1.54, 1.807) is 0 Å². The van der Waals surface area contributed by atoms with Crippen molar-refractivity contribution in [3.8, 4) is 11.8 Å². The average Bonchev–Trinajstić information content (AvgIpc) is 3.02. The molecule has 2 aromatic rings. The molecule has 1 fully saturated rings. The maximum absolute atomic E-state index is 15.8. The molecule has 0 aromatic carbocycles. The second-order valence-corrected chi connectivity index (χ2v) is 6.16. The molecule has 0 amide bonds. The number of fused-ring (bicyclic) bond motifs is 1. The highest BCUT2D eigenvalue weighted by atomic mass is 19.1. The number of H-pyrrole nitrogens is 1. The first-order valence-corrected chi connectivity index (χ1v) is 7.87. The fraction of sp³-hybridized carbons (Fsp3) is 0.500. The third-order valence-corrected chi connectivity index (χ3v) is 4.48. The minimum Gasteiger partial charge on any atom is -0.396 e. The minimum absolute atomic E-state index is 0.225. The van der Waals surface area contributed by atoms with Crippen molar-refractivity contribution >= 4 is 17.0 Å². The number of nitrogens with two attached hydrogens (primary N) is 1. The third kappa shape index (κ3) is 2.56. The number of aliphatic hydroxyl groups is 2. The number of nitrogens with one attached hydrogen (secondary N) is 1. The van der Waals surface area contributed by atoms with E-state index in [1.807, 2.05) is 0 Å². The minimum atomic E-state index is -2.46. The Morgan fingerprint density at radius 1 is 1.62 bits per heavy atom. The number of aromatic nitrogens is 3. The summed E-state index contributed by atoms with van der Waals surface area (Å²) >= 11 is 0. The molecule has 5 atom stereocenters. The number of aliphatic hydroxyl groups excluding tert-OH is 2. The number of alkyl halides is 1. The van der Waals surface area contributed by atoms with Gasteiger partial charge in [-0.3, -0.25) is 14.3 Å². The van der Waals surface area contributed by atoms with Gasteiger partial charge in [0.2, 0.25) is 11.6 Å². The van der Waals surface area contributed by atoms with Crippen molar-refractivity contribution in [3.63, 3.8) is 0 Å². The number of hydrogen-bond acceptors (Lipinski definition) is 6. The lowest BCUT2D eigenvalue weighted by Gasteiger charge is -2.26. The normalized spacial score (nSPS) is 29.5. The van der Waals surface area contributed by atoms with Gasteiger partial charge in [-0.15, -0.1) is 5.92 Å². The molecule has 1 aliphatic heterocycles. The maximum atomic E-state index is 15.8. The summed E-state index contributed by atoms with van der Waals surface area (Å²) in [6.45, 7) is 2.12. The Labute approximate surface area is 146 Å². The van der Waals surface area contributed by atoms with Crippen molar-refractivity contribution in [2.75, 3.05) is 12.3 Å². The summed E-state index contributed by atoms with van der Waals surface area (Å²) in [5.74, 6) is 2.38. The Bertz CT molecular complexity index is 961. The first-order valence-electron chi connectivity index (χ1n) is 7.87. The maximum Gasteiger partial charge on any atom is 0.264 e. The fourth-order valence-corrected chi connectivity index (χ4v) is 3.37. The fourth-order valence-electron chi connectivity index (χ4n) is 3.37. The predicted molar refractivity (Wildman–Crippen MR) is 88.2 cm³/mol. The molecule has 0 bridgehead atoms. The molecule has 5 N–H and O–H groups in total. The molecule has 0 saturated carbocycles. The zero-order valence-corrected chi connectivity index (χ0v) is 14.0. The molecule has 0 radical (unpaired) electrons. The van der Waals surface area contributed by atoms with Gasteiger partial charge in [0, 0.05) is 6.20 Å². The van der Waals surface area contributed by atoms with Crippen LogP contribution in [0.15, 0.2) is 11.0 Å². The van der Waals surface area contributed by atoms with Crippen LogP contribution in [0.5, 0.6) is 0 Å². The molecular formula is C16H18F2N4O4. The summed E-state index contributed by atoms with van der Waals surface area (Å²) in [5.41, 5.74) is 2.01. The molecule has 1 saturated heterocycles. The van der Waals surface area contributed by atoms with E-state index in [9.17, 15) is 19.4 Å². The zero-order chi connectivity index (χ0) is 19.2.